The van der Waals surface area contributed by atoms with E-state index in [1.54, 1.807) is 17.4 Å². The number of nitrogens with one attached hydrogen (secondary N) is 1. The van der Waals surface area contributed by atoms with Crippen LogP contribution in [0.5, 0.6) is 0 Å². The molecular weight excluding hydrogens is 244 g/mol. The smallest absolute Gasteiger partial charge is 0.251 e. The predicted octanol–water partition coefficient (Wildman–Crippen LogP) is 2.61. The van der Waals surface area contributed by atoms with Crippen LogP contribution in [0.15, 0.2) is 35.0 Å². The van der Waals surface area contributed by atoms with E-state index in [1.165, 1.54) is 5.56 Å². The number of benzene rings is 1. The average Bonchev–Trinajstić information content (AvgIpc) is 2.80. The number of carbonyl (C=O) groups is 1. The largest absolute Gasteiger partial charge is 0.399 e. The number of thiophene rings is 1. The van der Waals surface area contributed by atoms with Gasteiger partial charge in [0, 0.05) is 17.8 Å². The lowest BCUT2D eigenvalue weighted by Gasteiger charge is -2.06. The molecule has 1 aromatic heterocycles. The van der Waals surface area contributed by atoms with Crippen LogP contribution in [-0.4, -0.2) is 12.5 Å². The van der Waals surface area contributed by atoms with Crippen molar-refractivity contribution in [2.24, 2.45) is 0 Å². The number of nitrogen functional groups attached to an aromatic ring is 1. The van der Waals surface area contributed by atoms with Crippen molar-refractivity contribution in [2.45, 2.75) is 13.3 Å². The first-order valence-corrected chi connectivity index (χ1v) is 6.76. The van der Waals surface area contributed by atoms with E-state index in [1.807, 2.05) is 24.4 Å². The van der Waals surface area contributed by atoms with E-state index in [9.17, 15) is 4.79 Å². The number of carbonyl (C=O) groups excluding carboxylic acids is 1. The normalized spacial score (nSPS) is 10.3. The molecule has 0 aliphatic carbocycles. The number of rotatable bonds is 4. The number of nitrogens with two attached hydrogens (primary N) is 1. The quantitative estimate of drug-likeness (QED) is 0.830. The monoisotopic (exact) mass is 260 g/mol. The lowest BCUT2D eigenvalue weighted by atomic mass is 10.1. The van der Waals surface area contributed by atoms with Gasteiger partial charge in [-0.15, -0.1) is 0 Å². The van der Waals surface area contributed by atoms with Crippen molar-refractivity contribution in [1.82, 2.24) is 5.32 Å². The maximum Gasteiger partial charge on any atom is 0.251 e. The minimum atomic E-state index is -0.0689. The molecule has 94 valence electrons. The van der Waals surface area contributed by atoms with Crippen LogP contribution in [0.1, 0.15) is 21.5 Å². The zero-order valence-electron chi connectivity index (χ0n) is 10.3. The van der Waals surface area contributed by atoms with Gasteiger partial charge in [0.05, 0.1) is 0 Å². The molecule has 0 fully saturated rings. The SMILES string of the molecule is Cc1cc(N)cc(C(=O)NCCc2ccsc2)c1. The van der Waals surface area contributed by atoms with E-state index in [0.717, 1.165) is 12.0 Å². The third kappa shape index (κ3) is 3.34. The predicted molar refractivity (Wildman–Crippen MR) is 75.9 cm³/mol. The molecule has 0 bridgehead atoms. The van der Waals surface area contributed by atoms with Gasteiger partial charge in [-0.1, -0.05) is 0 Å². The molecule has 2 rings (SSSR count). The highest BCUT2D eigenvalue weighted by Gasteiger charge is 2.06. The van der Waals surface area contributed by atoms with Gasteiger partial charge in [0.1, 0.15) is 0 Å². The van der Waals surface area contributed by atoms with Crippen molar-refractivity contribution in [3.05, 3.63) is 51.7 Å². The Bertz CT molecular complexity index is 514. The zero-order chi connectivity index (χ0) is 13.0. The molecule has 0 radical (unpaired) electrons. The van der Waals surface area contributed by atoms with E-state index in [4.69, 9.17) is 5.73 Å². The van der Waals surface area contributed by atoms with Gasteiger partial charge in [-0.05, 0) is 59.5 Å². The second-order valence-corrected chi connectivity index (χ2v) is 5.05. The van der Waals surface area contributed by atoms with E-state index in [2.05, 4.69) is 16.8 Å². The molecular formula is C14H16N2OS. The second kappa shape index (κ2) is 5.69. The van der Waals surface area contributed by atoms with E-state index >= 15 is 0 Å². The van der Waals surface area contributed by atoms with Crippen LogP contribution in [0.4, 0.5) is 5.69 Å². The summed E-state index contributed by atoms with van der Waals surface area (Å²) in [5.41, 5.74) is 9.22. The fourth-order valence-corrected chi connectivity index (χ4v) is 2.50. The summed E-state index contributed by atoms with van der Waals surface area (Å²) in [5, 5.41) is 7.04. The first-order valence-electron chi connectivity index (χ1n) is 5.81. The van der Waals surface area contributed by atoms with Crippen molar-refractivity contribution in [3.8, 4) is 0 Å². The molecule has 0 spiro atoms. The number of hydrogen-bond acceptors (Lipinski definition) is 3. The van der Waals surface area contributed by atoms with E-state index < -0.39 is 0 Å². The first-order chi connectivity index (χ1) is 8.65. The highest BCUT2D eigenvalue weighted by Crippen LogP contribution is 2.11. The van der Waals surface area contributed by atoms with Gasteiger partial charge in [0.25, 0.3) is 5.91 Å². The van der Waals surface area contributed by atoms with Gasteiger partial charge in [0.2, 0.25) is 0 Å². The topological polar surface area (TPSA) is 55.1 Å². The molecule has 3 N–H and O–H groups in total. The standard InChI is InChI=1S/C14H16N2OS/c1-10-6-12(8-13(15)7-10)14(17)16-4-2-11-3-5-18-9-11/h3,5-9H,2,4,15H2,1H3,(H,16,17). The Hall–Kier alpha value is -1.81. The summed E-state index contributed by atoms with van der Waals surface area (Å²) in [5.74, 6) is -0.0689. The first kappa shape index (κ1) is 12.6. The number of amides is 1. The van der Waals surface area contributed by atoms with Gasteiger partial charge in [0.15, 0.2) is 0 Å². The van der Waals surface area contributed by atoms with Crippen LogP contribution in [0.25, 0.3) is 0 Å². The Morgan fingerprint density at radius 1 is 1.39 bits per heavy atom. The highest BCUT2D eigenvalue weighted by atomic mass is 32.1. The Kier molecular flexibility index (Phi) is 3.99. The maximum absolute atomic E-state index is 11.9. The molecule has 1 amide bonds. The molecule has 1 aromatic carbocycles. The Labute approximate surface area is 111 Å². The highest BCUT2D eigenvalue weighted by molar-refractivity contribution is 7.07. The molecule has 0 aliphatic heterocycles. The molecule has 0 aliphatic rings. The number of aryl methyl sites for hydroxylation is 1. The Morgan fingerprint density at radius 2 is 2.22 bits per heavy atom. The fourth-order valence-electron chi connectivity index (χ4n) is 1.80. The molecule has 1 heterocycles. The van der Waals surface area contributed by atoms with Crippen molar-refractivity contribution >= 4 is 22.9 Å². The lowest BCUT2D eigenvalue weighted by molar-refractivity contribution is 0.0954. The van der Waals surface area contributed by atoms with Crippen LogP contribution in [-0.2, 0) is 6.42 Å². The zero-order valence-corrected chi connectivity index (χ0v) is 11.1. The molecule has 0 saturated heterocycles. The molecule has 4 heteroatoms. The van der Waals surface area contributed by atoms with Gasteiger partial charge in [-0.2, -0.15) is 11.3 Å². The van der Waals surface area contributed by atoms with Crippen molar-refractivity contribution in [2.75, 3.05) is 12.3 Å². The Morgan fingerprint density at radius 3 is 2.89 bits per heavy atom. The van der Waals surface area contributed by atoms with E-state index in [-0.39, 0.29) is 5.91 Å². The molecule has 0 unspecified atom stereocenters. The van der Waals surface area contributed by atoms with Gasteiger partial charge in [-0.25, -0.2) is 0 Å². The van der Waals surface area contributed by atoms with Crippen molar-refractivity contribution < 1.29 is 4.79 Å². The molecule has 3 nitrogen and oxygen atoms in total. The van der Waals surface area contributed by atoms with Crippen LogP contribution in [0.3, 0.4) is 0 Å². The fraction of sp³-hybridized carbons (Fsp3) is 0.214. The third-order valence-electron chi connectivity index (χ3n) is 2.64. The molecule has 0 saturated carbocycles. The van der Waals surface area contributed by atoms with Crippen LogP contribution >= 0.6 is 11.3 Å². The van der Waals surface area contributed by atoms with Crippen LogP contribution < -0.4 is 11.1 Å². The van der Waals surface area contributed by atoms with Crippen molar-refractivity contribution in [3.63, 3.8) is 0 Å². The maximum atomic E-state index is 11.9. The summed E-state index contributed by atoms with van der Waals surface area (Å²) in [6.07, 6.45) is 0.858. The summed E-state index contributed by atoms with van der Waals surface area (Å²) in [6.45, 7) is 2.57. The average molecular weight is 260 g/mol. The van der Waals surface area contributed by atoms with Gasteiger partial charge >= 0.3 is 0 Å². The summed E-state index contributed by atoms with van der Waals surface area (Å²) >= 11 is 1.67. The second-order valence-electron chi connectivity index (χ2n) is 4.27. The lowest BCUT2D eigenvalue weighted by Crippen LogP contribution is -2.25. The molecule has 18 heavy (non-hydrogen) atoms. The van der Waals surface area contributed by atoms with Crippen LogP contribution in [0, 0.1) is 6.92 Å². The third-order valence-corrected chi connectivity index (χ3v) is 3.37. The van der Waals surface area contributed by atoms with Gasteiger partial charge in [-0.3, -0.25) is 4.79 Å². The molecule has 0 atom stereocenters. The summed E-state index contributed by atoms with van der Waals surface area (Å²) < 4.78 is 0. The summed E-state index contributed by atoms with van der Waals surface area (Å²) in [6, 6.07) is 7.47. The van der Waals surface area contributed by atoms with Crippen molar-refractivity contribution in [1.29, 1.82) is 0 Å². The van der Waals surface area contributed by atoms with Crippen LogP contribution in [0.2, 0.25) is 0 Å². The molecule has 2 aromatic rings. The van der Waals surface area contributed by atoms with Gasteiger partial charge < -0.3 is 11.1 Å². The summed E-state index contributed by atoms with van der Waals surface area (Å²) in [7, 11) is 0. The summed E-state index contributed by atoms with van der Waals surface area (Å²) in [4.78, 5) is 11.9. The van der Waals surface area contributed by atoms with E-state index in [0.29, 0.717) is 17.8 Å². The minimum Gasteiger partial charge on any atom is -0.399 e. The number of hydrogen-bond donors (Lipinski definition) is 2. The number of anilines is 1. The minimum absolute atomic E-state index is 0.0689. The Balaban J connectivity index is 1.91.